The number of hydrogen-bond acceptors (Lipinski definition) is 8. The SMILES string of the molecule is N#Cc1cnc(N[C@@H]2CCCN(c3ncnc4c3CCNC4)C2)nc1. The number of nitrogens with zero attached hydrogens (tertiary/aromatic N) is 6. The number of piperidine rings is 1. The molecule has 0 aromatic carbocycles. The second kappa shape index (κ2) is 6.99. The molecule has 8 nitrogen and oxygen atoms in total. The highest BCUT2D eigenvalue weighted by Gasteiger charge is 2.25. The molecule has 25 heavy (non-hydrogen) atoms. The molecule has 2 aliphatic heterocycles. The largest absolute Gasteiger partial charge is 0.354 e. The quantitative estimate of drug-likeness (QED) is 0.851. The van der Waals surface area contributed by atoms with Gasteiger partial charge in [0.1, 0.15) is 18.2 Å². The molecule has 2 aliphatic rings. The van der Waals surface area contributed by atoms with Gasteiger partial charge in [-0.3, -0.25) is 0 Å². The van der Waals surface area contributed by atoms with E-state index in [0.29, 0.717) is 11.5 Å². The summed E-state index contributed by atoms with van der Waals surface area (Å²) in [6.07, 6.45) is 7.88. The summed E-state index contributed by atoms with van der Waals surface area (Å²) in [6, 6.07) is 2.29. The van der Waals surface area contributed by atoms with Crippen molar-refractivity contribution < 1.29 is 0 Å². The van der Waals surface area contributed by atoms with Gasteiger partial charge in [-0.2, -0.15) is 5.26 Å². The van der Waals surface area contributed by atoms with Gasteiger partial charge in [-0.25, -0.2) is 19.9 Å². The number of fused-ring (bicyclic) bond motifs is 1. The van der Waals surface area contributed by atoms with Crippen LogP contribution in [-0.2, 0) is 13.0 Å². The van der Waals surface area contributed by atoms with E-state index in [2.05, 4.69) is 35.5 Å². The summed E-state index contributed by atoms with van der Waals surface area (Å²) >= 11 is 0. The van der Waals surface area contributed by atoms with Crippen LogP contribution in [0.4, 0.5) is 11.8 Å². The Morgan fingerprint density at radius 1 is 1.24 bits per heavy atom. The van der Waals surface area contributed by atoms with Gasteiger partial charge in [0.25, 0.3) is 0 Å². The van der Waals surface area contributed by atoms with Crippen molar-refractivity contribution in [3.63, 3.8) is 0 Å². The Morgan fingerprint density at radius 3 is 2.96 bits per heavy atom. The molecule has 128 valence electrons. The van der Waals surface area contributed by atoms with Crippen molar-refractivity contribution in [2.75, 3.05) is 29.9 Å². The molecular formula is C17H20N8. The molecule has 1 atom stereocenters. The van der Waals surface area contributed by atoms with E-state index in [-0.39, 0.29) is 6.04 Å². The van der Waals surface area contributed by atoms with Gasteiger partial charge in [0, 0.05) is 31.2 Å². The molecule has 0 unspecified atom stereocenters. The van der Waals surface area contributed by atoms with Gasteiger partial charge in [0.2, 0.25) is 5.95 Å². The molecule has 4 rings (SSSR count). The molecule has 0 radical (unpaired) electrons. The molecule has 4 heterocycles. The van der Waals surface area contributed by atoms with E-state index in [0.717, 1.165) is 57.0 Å². The normalized spacial score (nSPS) is 19.8. The molecule has 8 heteroatoms. The number of nitriles is 1. The van der Waals surface area contributed by atoms with E-state index >= 15 is 0 Å². The van der Waals surface area contributed by atoms with Gasteiger partial charge in [-0.05, 0) is 25.8 Å². The molecule has 1 fully saturated rings. The van der Waals surface area contributed by atoms with E-state index in [4.69, 9.17) is 5.26 Å². The highest BCUT2D eigenvalue weighted by atomic mass is 15.2. The third kappa shape index (κ3) is 3.37. The minimum absolute atomic E-state index is 0.258. The Morgan fingerprint density at radius 2 is 2.12 bits per heavy atom. The first-order valence-corrected chi connectivity index (χ1v) is 8.60. The summed E-state index contributed by atoms with van der Waals surface area (Å²) in [5.41, 5.74) is 2.86. The van der Waals surface area contributed by atoms with Crippen LogP contribution in [0.25, 0.3) is 0 Å². The summed E-state index contributed by atoms with van der Waals surface area (Å²) < 4.78 is 0. The van der Waals surface area contributed by atoms with Crippen molar-refractivity contribution in [3.05, 3.63) is 35.5 Å². The Kier molecular flexibility index (Phi) is 4.39. The Balaban J connectivity index is 1.48. The van der Waals surface area contributed by atoms with Crippen LogP contribution in [0.5, 0.6) is 0 Å². The van der Waals surface area contributed by atoms with E-state index in [1.165, 1.54) is 5.56 Å². The van der Waals surface area contributed by atoms with Crippen LogP contribution in [-0.4, -0.2) is 45.6 Å². The van der Waals surface area contributed by atoms with Crippen LogP contribution in [0.15, 0.2) is 18.7 Å². The molecule has 0 aliphatic carbocycles. The van der Waals surface area contributed by atoms with Gasteiger partial charge >= 0.3 is 0 Å². The summed E-state index contributed by atoms with van der Waals surface area (Å²) in [7, 11) is 0. The number of nitrogens with one attached hydrogen (secondary N) is 2. The smallest absolute Gasteiger partial charge is 0.222 e. The van der Waals surface area contributed by atoms with E-state index < -0.39 is 0 Å². The molecule has 0 saturated carbocycles. The van der Waals surface area contributed by atoms with Crippen LogP contribution >= 0.6 is 0 Å². The minimum atomic E-state index is 0.258. The number of rotatable bonds is 3. The highest BCUT2D eigenvalue weighted by Crippen LogP contribution is 2.26. The standard InChI is InChI=1S/C17H20N8/c18-6-12-7-20-17(21-8-12)24-13-2-1-5-25(10-13)16-14-3-4-19-9-15(14)22-11-23-16/h7-8,11,13,19H,1-5,9-10H2,(H,20,21,24)/t13-/m1/s1. The zero-order valence-corrected chi connectivity index (χ0v) is 13.9. The van der Waals surface area contributed by atoms with Crippen molar-refractivity contribution in [2.45, 2.75) is 31.8 Å². The van der Waals surface area contributed by atoms with Crippen molar-refractivity contribution in [3.8, 4) is 6.07 Å². The second-order valence-electron chi connectivity index (χ2n) is 6.39. The molecule has 0 bridgehead atoms. The summed E-state index contributed by atoms with van der Waals surface area (Å²) in [4.78, 5) is 19.8. The topological polar surface area (TPSA) is 103 Å². The number of anilines is 2. The number of hydrogen-bond donors (Lipinski definition) is 2. The maximum Gasteiger partial charge on any atom is 0.222 e. The van der Waals surface area contributed by atoms with Gasteiger partial charge in [-0.1, -0.05) is 0 Å². The maximum absolute atomic E-state index is 8.83. The van der Waals surface area contributed by atoms with Crippen molar-refractivity contribution in [2.24, 2.45) is 0 Å². The predicted molar refractivity (Wildman–Crippen MR) is 93.0 cm³/mol. The molecular weight excluding hydrogens is 316 g/mol. The van der Waals surface area contributed by atoms with Gasteiger partial charge < -0.3 is 15.5 Å². The van der Waals surface area contributed by atoms with E-state index in [1.54, 1.807) is 18.7 Å². The Labute approximate surface area is 146 Å². The average Bonchev–Trinajstić information content (AvgIpc) is 2.68. The molecule has 0 spiro atoms. The lowest BCUT2D eigenvalue weighted by Gasteiger charge is -2.35. The van der Waals surface area contributed by atoms with Crippen LogP contribution in [0, 0.1) is 11.3 Å². The zero-order valence-electron chi connectivity index (χ0n) is 13.9. The fraction of sp³-hybridized carbons (Fsp3) is 0.471. The van der Waals surface area contributed by atoms with Crippen LogP contribution < -0.4 is 15.5 Å². The van der Waals surface area contributed by atoms with Crippen molar-refractivity contribution >= 4 is 11.8 Å². The minimum Gasteiger partial charge on any atom is -0.354 e. The molecule has 2 aromatic heterocycles. The van der Waals surface area contributed by atoms with E-state index in [1.807, 2.05) is 6.07 Å². The molecule has 2 aromatic rings. The third-order valence-electron chi connectivity index (χ3n) is 4.69. The van der Waals surface area contributed by atoms with Gasteiger partial charge in [0.15, 0.2) is 0 Å². The van der Waals surface area contributed by atoms with Gasteiger partial charge in [-0.15, -0.1) is 0 Å². The fourth-order valence-corrected chi connectivity index (χ4v) is 3.47. The Bertz CT molecular complexity index is 782. The first-order valence-electron chi connectivity index (χ1n) is 8.60. The average molecular weight is 336 g/mol. The predicted octanol–water partition coefficient (Wildman–Crippen LogP) is 0.865. The lowest BCUT2D eigenvalue weighted by atomic mass is 10.0. The van der Waals surface area contributed by atoms with Crippen LogP contribution in [0.2, 0.25) is 0 Å². The summed E-state index contributed by atoms with van der Waals surface area (Å²) in [5, 5.41) is 15.6. The van der Waals surface area contributed by atoms with Crippen molar-refractivity contribution in [1.82, 2.24) is 25.3 Å². The Hall–Kier alpha value is -2.79. The molecule has 0 amide bonds. The lowest BCUT2D eigenvalue weighted by molar-refractivity contribution is 0.519. The highest BCUT2D eigenvalue weighted by molar-refractivity contribution is 5.50. The summed E-state index contributed by atoms with van der Waals surface area (Å²) in [6.45, 7) is 3.66. The maximum atomic E-state index is 8.83. The first-order chi connectivity index (χ1) is 12.3. The van der Waals surface area contributed by atoms with Crippen LogP contribution in [0.1, 0.15) is 29.7 Å². The zero-order chi connectivity index (χ0) is 17.1. The summed E-state index contributed by atoms with van der Waals surface area (Å²) in [5.74, 6) is 1.64. The molecule has 2 N–H and O–H groups in total. The van der Waals surface area contributed by atoms with Crippen LogP contribution in [0.3, 0.4) is 0 Å². The monoisotopic (exact) mass is 336 g/mol. The van der Waals surface area contributed by atoms with E-state index in [9.17, 15) is 0 Å². The first kappa shape index (κ1) is 15.7. The molecule has 1 saturated heterocycles. The fourth-order valence-electron chi connectivity index (χ4n) is 3.47. The second-order valence-corrected chi connectivity index (χ2v) is 6.39. The number of aromatic nitrogens is 4. The van der Waals surface area contributed by atoms with Gasteiger partial charge in [0.05, 0.1) is 23.7 Å². The third-order valence-corrected chi connectivity index (χ3v) is 4.69. The van der Waals surface area contributed by atoms with Crippen molar-refractivity contribution in [1.29, 1.82) is 5.26 Å². The lowest BCUT2D eigenvalue weighted by Crippen LogP contribution is -2.43.